The molecule has 2 heterocycles. The number of aromatic amines is 1. The highest BCUT2D eigenvalue weighted by molar-refractivity contribution is 5.81. The number of aromatic nitrogens is 2. The summed E-state index contributed by atoms with van der Waals surface area (Å²) in [5.41, 5.74) is 8.60. The highest BCUT2D eigenvalue weighted by atomic mass is 16.2. The van der Waals surface area contributed by atoms with E-state index in [-0.39, 0.29) is 16.9 Å². The molecule has 1 fully saturated rings. The van der Waals surface area contributed by atoms with Crippen LogP contribution in [-0.2, 0) is 16.6 Å². The van der Waals surface area contributed by atoms with Crippen molar-refractivity contribution in [3.05, 3.63) is 51.9 Å². The van der Waals surface area contributed by atoms with Crippen LogP contribution in [0.1, 0.15) is 50.3 Å². The number of carbonyl (C=O) groups excluding carboxylic acids is 1. The summed E-state index contributed by atoms with van der Waals surface area (Å²) in [5.74, 6) is 0.688. The van der Waals surface area contributed by atoms with Gasteiger partial charge in [-0.1, -0.05) is 43.7 Å². The highest BCUT2D eigenvalue weighted by Crippen LogP contribution is 2.44. The van der Waals surface area contributed by atoms with Crippen LogP contribution in [0.4, 0.5) is 0 Å². The van der Waals surface area contributed by atoms with E-state index in [9.17, 15) is 9.59 Å². The average molecular weight is 380 g/mol. The van der Waals surface area contributed by atoms with Gasteiger partial charge in [-0.05, 0) is 32.1 Å². The number of benzene rings is 1. The van der Waals surface area contributed by atoms with E-state index in [0.29, 0.717) is 18.9 Å². The summed E-state index contributed by atoms with van der Waals surface area (Å²) in [7, 11) is 0. The predicted molar refractivity (Wildman–Crippen MR) is 109 cm³/mol. The minimum atomic E-state index is -0.402. The van der Waals surface area contributed by atoms with Crippen LogP contribution in [0.25, 0.3) is 11.4 Å². The molecule has 28 heavy (non-hydrogen) atoms. The molecule has 1 spiro atoms. The molecule has 1 saturated heterocycles. The zero-order valence-electron chi connectivity index (χ0n) is 16.4. The number of likely N-dealkylation sites (tertiary alicyclic amines) is 1. The first-order valence-electron chi connectivity index (χ1n) is 10.3. The van der Waals surface area contributed by atoms with Crippen molar-refractivity contribution in [2.45, 2.75) is 56.9 Å². The fourth-order valence-electron chi connectivity index (χ4n) is 4.69. The Hall–Kier alpha value is -2.47. The summed E-state index contributed by atoms with van der Waals surface area (Å²) in [6.07, 6.45) is 5.01. The van der Waals surface area contributed by atoms with E-state index >= 15 is 0 Å². The van der Waals surface area contributed by atoms with Crippen LogP contribution in [0.15, 0.2) is 35.1 Å². The van der Waals surface area contributed by atoms with Crippen molar-refractivity contribution in [1.82, 2.24) is 14.9 Å². The number of amides is 1. The molecule has 0 unspecified atom stereocenters. The molecule has 2 aromatic rings. The third-order valence-electron chi connectivity index (χ3n) is 6.37. The second kappa shape index (κ2) is 7.51. The van der Waals surface area contributed by atoms with Crippen molar-refractivity contribution in [2.75, 3.05) is 13.1 Å². The fraction of sp³-hybridized carbons (Fsp3) is 0.500. The van der Waals surface area contributed by atoms with E-state index in [4.69, 9.17) is 10.7 Å². The Kier molecular flexibility index (Phi) is 5.06. The van der Waals surface area contributed by atoms with Gasteiger partial charge in [0.25, 0.3) is 5.56 Å². The number of nitrogens with zero attached hydrogens (tertiary/aromatic N) is 2. The predicted octanol–water partition coefficient (Wildman–Crippen LogP) is 2.37. The van der Waals surface area contributed by atoms with E-state index in [1.807, 2.05) is 42.2 Å². The SMILES string of the molecule is CCC[C@H](N)C(=O)N1CCC2(CCc3c2nc(-c2ccccc2)[nH]c3=O)CC1. The molecular weight excluding hydrogens is 352 g/mol. The van der Waals surface area contributed by atoms with Crippen LogP contribution < -0.4 is 11.3 Å². The molecule has 0 radical (unpaired) electrons. The average Bonchev–Trinajstić information content (AvgIpc) is 3.07. The standard InChI is InChI=1S/C22H28N4O2/c1-2-6-17(23)21(28)26-13-11-22(12-14-26)10-9-16-18(22)24-19(25-20(16)27)15-7-4-3-5-8-15/h3-5,7-8,17H,2,6,9-14,23H2,1H3,(H,24,25,27)/t17-/m0/s1. The van der Waals surface area contributed by atoms with Crippen LogP contribution in [0.3, 0.4) is 0 Å². The Labute approximate surface area is 165 Å². The zero-order valence-corrected chi connectivity index (χ0v) is 16.4. The minimum Gasteiger partial charge on any atom is -0.341 e. The molecule has 1 aliphatic heterocycles. The maximum Gasteiger partial charge on any atom is 0.254 e. The summed E-state index contributed by atoms with van der Waals surface area (Å²) in [4.78, 5) is 35.0. The summed E-state index contributed by atoms with van der Waals surface area (Å²) in [6.45, 7) is 3.41. The molecular formula is C22H28N4O2. The van der Waals surface area contributed by atoms with Crippen LogP contribution in [0, 0.1) is 0 Å². The van der Waals surface area contributed by atoms with Crippen LogP contribution in [0.5, 0.6) is 0 Å². The topological polar surface area (TPSA) is 92.1 Å². The van der Waals surface area contributed by atoms with Gasteiger partial charge in [0, 0.05) is 29.6 Å². The molecule has 3 N–H and O–H groups in total. The van der Waals surface area contributed by atoms with Crippen molar-refractivity contribution < 1.29 is 4.79 Å². The van der Waals surface area contributed by atoms with Crippen molar-refractivity contribution in [3.63, 3.8) is 0 Å². The lowest BCUT2D eigenvalue weighted by atomic mass is 9.76. The summed E-state index contributed by atoms with van der Waals surface area (Å²) in [5, 5.41) is 0. The van der Waals surface area contributed by atoms with E-state index < -0.39 is 6.04 Å². The number of nitrogens with two attached hydrogens (primary N) is 1. The molecule has 0 bridgehead atoms. The first-order valence-corrected chi connectivity index (χ1v) is 10.3. The van der Waals surface area contributed by atoms with Crippen molar-refractivity contribution in [3.8, 4) is 11.4 Å². The van der Waals surface area contributed by atoms with Gasteiger partial charge in [-0.3, -0.25) is 9.59 Å². The first-order chi connectivity index (χ1) is 13.5. The Morgan fingerprint density at radius 1 is 1.25 bits per heavy atom. The summed E-state index contributed by atoms with van der Waals surface area (Å²) < 4.78 is 0. The Morgan fingerprint density at radius 3 is 2.64 bits per heavy atom. The summed E-state index contributed by atoms with van der Waals surface area (Å²) in [6, 6.07) is 9.36. The second-order valence-corrected chi connectivity index (χ2v) is 8.11. The molecule has 1 aromatic carbocycles. The molecule has 0 saturated carbocycles. The third kappa shape index (κ3) is 3.26. The number of rotatable bonds is 4. The minimum absolute atomic E-state index is 0.0239. The number of hydrogen-bond donors (Lipinski definition) is 2. The van der Waals surface area contributed by atoms with Gasteiger partial charge in [0.05, 0.1) is 11.7 Å². The van der Waals surface area contributed by atoms with Gasteiger partial charge in [-0.15, -0.1) is 0 Å². The smallest absolute Gasteiger partial charge is 0.254 e. The van der Waals surface area contributed by atoms with Crippen LogP contribution >= 0.6 is 0 Å². The van der Waals surface area contributed by atoms with Gasteiger partial charge in [-0.25, -0.2) is 4.98 Å². The van der Waals surface area contributed by atoms with Crippen molar-refractivity contribution in [1.29, 1.82) is 0 Å². The number of carbonyl (C=O) groups is 1. The molecule has 4 rings (SSSR count). The van der Waals surface area contributed by atoms with Crippen LogP contribution in [0.2, 0.25) is 0 Å². The Balaban J connectivity index is 1.59. The molecule has 1 aliphatic carbocycles. The van der Waals surface area contributed by atoms with Crippen LogP contribution in [-0.4, -0.2) is 39.9 Å². The number of piperidine rings is 1. The Morgan fingerprint density at radius 2 is 1.96 bits per heavy atom. The maximum atomic E-state index is 12.7. The van der Waals surface area contributed by atoms with Gasteiger partial charge >= 0.3 is 0 Å². The second-order valence-electron chi connectivity index (χ2n) is 8.11. The Bertz CT molecular complexity index is 914. The molecule has 1 aromatic heterocycles. The molecule has 1 amide bonds. The lowest BCUT2D eigenvalue weighted by Gasteiger charge is -2.40. The lowest BCUT2D eigenvalue weighted by Crippen LogP contribution is -2.50. The third-order valence-corrected chi connectivity index (χ3v) is 6.37. The van der Waals surface area contributed by atoms with Gasteiger partial charge in [0.1, 0.15) is 5.82 Å². The van der Waals surface area contributed by atoms with Gasteiger partial charge in [-0.2, -0.15) is 0 Å². The molecule has 1 atom stereocenters. The number of hydrogen-bond acceptors (Lipinski definition) is 4. The number of H-pyrrole nitrogens is 1. The lowest BCUT2D eigenvalue weighted by molar-refractivity contribution is -0.134. The number of fused-ring (bicyclic) bond motifs is 2. The van der Waals surface area contributed by atoms with Crippen molar-refractivity contribution >= 4 is 5.91 Å². The van der Waals surface area contributed by atoms with E-state index in [1.165, 1.54) is 0 Å². The van der Waals surface area contributed by atoms with Gasteiger partial charge < -0.3 is 15.6 Å². The molecule has 148 valence electrons. The van der Waals surface area contributed by atoms with Gasteiger partial charge in [0.2, 0.25) is 5.91 Å². The molecule has 2 aliphatic rings. The zero-order chi connectivity index (χ0) is 19.7. The molecule has 6 nitrogen and oxygen atoms in total. The number of nitrogens with one attached hydrogen (secondary N) is 1. The normalized spacial score (nSPS) is 18.9. The van der Waals surface area contributed by atoms with Gasteiger partial charge in [0.15, 0.2) is 0 Å². The quantitative estimate of drug-likeness (QED) is 0.852. The largest absolute Gasteiger partial charge is 0.341 e. The van der Waals surface area contributed by atoms with E-state index in [1.54, 1.807) is 0 Å². The summed E-state index contributed by atoms with van der Waals surface area (Å²) >= 11 is 0. The highest BCUT2D eigenvalue weighted by Gasteiger charge is 2.44. The molecule has 6 heteroatoms. The maximum absolute atomic E-state index is 12.7. The monoisotopic (exact) mass is 380 g/mol. The first kappa shape index (κ1) is 18.9. The fourth-order valence-corrected chi connectivity index (χ4v) is 4.69. The van der Waals surface area contributed by atoms with E-state index in [0.717, 1.165) is 55.3 Å². The van der Waals surface area contributed by atoms with Crippen molar-refractivity contribution in [2.24, 2.45) is 5.73 Å². The van der Waals surface area contributed by atoms with E-state index in [2.05, 4.69) is 4.98 Å².